The Morgan fingerprint density at radius 3 is 2.86 bits per heavy atom. The van der Waals surface area contributed by atoms with Crippen LogP contribution in [0.4, 0.5) is 5.69 Å². The molecule has 0 atom stereocenters. The number of nitrogen functional groups attached to an aromatic ring is 1. The van der Waals surface area contributed by atoms with Crippen molar-refractivity contribution in [1.82, 2.24) is 9.78 Å². The topological polar surface area (TPSA) is 57.0 Å². The molecule has 5 heteroatoms. The molecule has 2 rings (SSSR count). The molecule has 0 spiro atoms. The van der Waals surface area contributed by atoms with E-state index in [4.69, 9.17) is 10.2 Å². The van der Waals surface area contributed by atoms with Crippen molar-refractivity contribution in [2.45, 2.75) is 13.5 Å². The average molecular weight is 256 g/mol. The van der Waals surface area contributed by atoms with Gasteiger partial charge in [-0.2, -0.15) is 5.10 Å². The van der Waals surface area contributed by atoms with Crippen LogP contribution in [0.1, 0.15) is 6.92 Å². The molecule has 0 saturated heterocycles. The van der Waals surface area contributed by atoms with Crippen molar-refractivity contribution in [2.24, 2.45) is 0 Å². The van der Waals surface area contributed by atoms with E-state index >= 15 is 0 Å². The normalized spacial score (nSPS) is 10.7. The summed E-state index contributed by atoms with van der Waals surface area (Å²) in [6.07, 6.45) is 1.80. The minimum atomic E-state index is 0.633. The van der Waals surface area contributed by atoms with Crippen molar-refractivity contribution in [3.05, 3.63) is 23.0 Å². The lowest BCUT2D eigenvalue weighted by atomic mass is 10.3. The van der Waals surface area contributed by atoms with E-state index in [9.17, 15) is 0 Å². The molecule has 0 saturated carbocycles. The number of furan rings is 1. The van der Waals surface area contributed by atoms with Crippen LogP contribution in [0.15, 0.2) is 27.4 Å². The van der Waals surface area contributed by atoms with Crippen LogP contribution in [0.25, 0.3) is 11.5 Å². The van der Waals surface area contributed by atoms with Gasteiger partial charge in [-0.15, -0.1) is 0 Å². The Labute approximate surface area is 89.8 Å². The van der Waals surface area contributed by atoms with Crippen molar-refractivity contribution in [2.75, 3.05) is 5.73 Å². The van der Waals surface area contributed by atoms with E-state index in [1.807, 2.05) is 19.1 Å². The van der Waals surface area contributed by atoms with Gasteiger partial charge < -0.3 is 10.2 Å². The zero-order chi connectivity index (χ0) is 10.1. The van der Waals surface area contributed by atoms with Gasteiger partial charge in [0.2, 0.25) is 0 Å². The van der Waals surface area contributed by atoms with Gasteiger partial charge in [0.05, 0.1) is 5.69 Å². The van der Waals surface area contributed by atoms with Crippen LogP contribution in [-0.4, -0.2) is 9.78 Å². The fourth-order valence-corrected chi connectivity index (χ4v) is 1.54. The van der Waals surface area contributed by atoms with Crippen LogP contribution in [0, 0.1) is 0 Å². The molecular weight excluding hydrogens is 246 g/mol. The second kappa shape index (κ2) is 3.49. The summed E-state index contributed by atoms with van der Waals surface area (Å²) in [6.45, 7) is 2.81. The van der Waals surface area contributed by atoms with E-state index in [2.05, 4.69) is 21.0 Å². The van der Waals surface area contributed by atoms with Gasteiger partial charge in [-0.3, -0.25) is 4.68 Å². The number of nitrogens with two attached hydrogens (primary N) is 1. The Bertz CT molecular complexity index is 447. The summed E-state index contributed by atoms with van der Waals surface area (Å²) in [5, 5.41) is 4.29. The van der Waals surface area contributed by atoms with Gasteiger partial charge in [0.25, 0.3) is 0 Å². The molecule has 14 heavy (non-hydrogen) atoms. The first-order valence-corrected chi connectivity index (χ1v) is 5.08. The number of nitrogens with zero attached hydrogens (tertiary/aromatic N) is 2. The summed E-state index contributed by atoms with van der Waals surface area (Å²) in [5.41, 5.74) is 7.12. The van der Waals surface area contributed by atoms with E-state index in [0.717, 1.165) is 6.54 Å². The number of rotatable bonds is 2. The number of aromatic nitrogens is 2. The molecule has 2 aromatic rings. The molecule has 0 aliphatic rings. The van der Waals surface area contributed by atoms with E-state index < -0.39 is 0 Å². The first-order chi connectivity index (χ1) is 6.70. The maximum Gasteiger partial charge on any atom is 0.169 e. The Morgan fingerprint density at radius 1 is 1.57 bits per heavy atom. The lowest BCUT2D eigenvalue weighted by Crippen LogP contribution is -1.93. The minimum Gasteiger partial charge on any atom is -0.448 e. The number of hydrogen-bond acceptors (Lipinski definition) is 3. The second-order valence-corrected chi connectivity index (χ2v) is 3.67. The summed E-state index contributed by atoms with van der Waals surface area (Å²) in [4.78, 5) is 0. The van der Waals surface area contributed by atoms with Crippen molar-refractivity contribution >= 4 is 21.6 Å². The van der Waals surface area contributed by atoms with Gasteiger partial charge in [0, 0.05) is 12.7 Å². The zero-order valence-electron chi connectivity index (χ0n) is 7.70. The molecule has 0 unspecified atom stereocenters. The SMILES string of the molecule is CCn1cc(N)c(-c2ccc(Br)o2)n1. The predicted molar refractivity (Wildman–Crippen MR) is 57.7 cm³/mol. The lowest BCUT2D eigenvalue weighted by Gasteiger charge is -1.92. The number of halogens is 1. The largest absolute Gasteiger partial charge is 0.448 e. The Morgan fingerprint density at radius 2 is 2.36 bits per heavy atom. The smallest absolute Gasteiger partial charge is 0.169 e. The fraction of sp³-hybridized carbons (Fsp3) is 0.222. The highest BCUT2D eigenvalue weighted by atomic mass is 79.9. The Hall–Kier alpha value is -1.23. The van der Waals surface area contributed by atoms with Crippen LogP contribution in [0.2, 0.25) is 0 Å². The predicted octanol–water partition coefficient (Wildman–Crippen LogP) is 2.51. The van der Waals surface area contributed by atoms with Gasteiger partial charge in [-0.25, -0.2) is 0 Å². The highest BCUT2D eigenvalue weighted by molar-refractivity contribution is 9.10. The van der Waals surface area contributed by atoms with Gasteiger partial charge >= 0.3 is 0 Å². The highest BCUT2D eigenvalue weighted by Crippen LogP contribution is 2.27. The summed E-state index contributed by atoms with van der Waals surface area (Å²) < 4.78 is 7.83. The van der Waals surface area contributed by atoms with Crippen molar-refractivity contribution in [3.8, 4) is 11.5 Å². The third-order valence-electron chi connectivity index (χ3n) is 1.92. The van der Waals surface area contributed by atoms with E-state index in [0.29, 0.717) is 21.8 Å². The first-order valence-electron chi connectivity index (χ1n) is 4.29. The molecule has 2 aromatic heterocycles. The first kappa shape index (κ1) is 9.33. The van der Waals surface area contributed by atoms with Crippen molar-refractivity contribution in [1.29, 1.82) is 0 Å². The van der Waals surface area contributed by atoms with E-state index in [1.165, 1.54) is 0 Å². The molecule has 0 amide bonds. The van der Waals surface area contributed by atoms with Gasteiger partial charge in [-0.1, -0.05) is 0 Å². The molecule has 74 valence electrons. The Kier molecular flexibility index (Phi) is 2.33. The summed E-state index contributed by atoms with van der Waals surface area (Å²) in [6, 6.07) is 3.66. The van der Waals surface area contributed by atoms with Crippen molar-refractivity contribution in [3.63, 3.8) is 0 Å². The number of anilines is 1. The number of hydrogen-bond donors (Lipinski definition) is 1. The molecule has 2 heterocycles. The van der Waals surface area contributed by atoms with Crippen LogP contribution in [0.3, 0.4) is 0 Å². The van der Waals surface area contributed by atoms with E-state index in [1.54, 1.807) is 10.9 Å². The average Bonchev–Trinajstić information content (AvgIpc) is 2.71. The molecule has 0 radical (unpaired) electrons. The third kappa shape index (κ3) is 1.55. The third-order valence-corrected chi connectivity index (χ3v) is 2.35. The zero-order valence-corrected chi connectivity index (χ0v) is 9.28. The molecule has 0 bridgehead atoms. The van der Waals surface area contributed by atoms with Crippen molar-refractivity contribution < 1.29 is 4.42 Å². The Balaban J connectivity index is 2.45. The molecule has 0 aromatic carbocycles. The van der Waals surface area contributed by atoms with E-state index in [-0.39, 0.29) is 0 Å². The second-order valence-electron chi connectivity index (χ2n) is 2.89. The van der Waals surface area contributed by atoms with Crippen LogP contribution >= 0.6 is 15.9 Å². The van der Waals surface area contributed by atoms with Crippen LogP contribution in [0.5, 0.6) is 0 Å². The standard InChI is InChI=1S/C9H10BrN3O/c1-2-13-5-6(11)9(12-13)7-3-4-8(10)14-7/h3-5H,2,11H2,1H3. The highest BCUT2D eigenvalue weighted by Gasteiger charge is 2.11. The van der Waals surface area contributed by atoms with Crippen LogP contribution < -0.4 is 5.73 Å². The fourth-order valence-electron chi connectivity index (χ4n) is 1.23. The minimum absolute atomic E-state index is 0.633. The molecule has 0 aliphatic carbocycles. The summed E-state index contributed by atoms with van der Waals surface area (Å²) >= 11 is 3.24. The molecule has 0 fully saturated rings. The summed E-state index contributed by atoms with van der Waals surface area (Å²) in [5.74, 6) is 0.682. The van der Waals surface area contributed by atoms with Gasteiger partial charge in [0.1, 0.15) is 0 Å². The lowest BCUT2D eigenvalue weighted by molar-refractivity contribution is 0.550. The summed E-state index contributed by atoms with van der Waals surface area (Å²) in [7, 11) is 0. The molecule has 2 N–H and O–H groups in total. The van der Waals surface area contributed by atoms with Crippen LogP contribution in [-0.2, 0) is 6.54 Å². The molecule has 4 nitrogen and oxygen atoms in total. The maximum absolute atomic E-state index is 5.80. The monoisotopic (exact) mass is 255 g/mol. The van der Waals surface area contributed by atoms with Gasteiger partial charge in [-0.05, 0) is 35.0 Å². The van der Waals surface area contributed by atoms with Gasteiger partial charge in [0.15, 0.2) is 16.1 Å². The number of aryl methyl sites for hydroxylation is 1. The maximum atomic E-state index is 5.80. The molecular formula is C9H10BrN3O. The quantitative estimate of drug-likeness (QED) is 0.898. The molecule has 0 aliphatic heterocycles.